The van der Waals surface area contributed by atoms with Gasteiger partial charge in [0.25, 0.3) is 5.91 Å². The van der Waals surface area contributed by atoms with Crippen LogP contribution < -0.4 is 10.1 Å². The Labute approximate surface area is 179 Å². The average molecular weight is 436 g/mol. The Morgan fingerprint density at radius 1 is 1.10 bits per heavy atom. The molecule has 0 spiro atoms. The summed E-state index contributed by atoms with van der Waals surface area (Å²) in [5.74, 6) is 0.550. The van der Waals surface area contributed by atoms with E-state index in [2.05, 4.69) is 15.3 Å². The van der Waals surface area contributed by atoms with Gasteiger partial charge < -0.3 is 10.1 Å². The number of amides is 1. The van der Waals surface area contributed by atoms with Gasteiger partial charge in [-0.3, -0.25) is 9.20 Å². The number of nitrogens with zero attached hydrogens (tertiary/aromatic N) is 3. The molecule has 0 unspecified atom stereocenters. The molecule has 0 atom stereocenters. The molecule has 158 valence electrons. The van der Waals surface area contributed by atoms with Crippen LogP contribution in [-0.4, -0.2) is 35.3 Å². The summed E-state index contributed by atoms with van der Waals surface area (Å²) in [5, 5.41) is 2.81. The Hall–Kier alpha value is -3.72. The van der Waals surface area contributed by atoms with Crippen LogP contribution in [0.3, 0.4) is 0 Å². The van der Waals surface area contributed by atoms with E-state index < -0.39 is 9.84 Å². The van der Waals surface area contributed by atoms with Crippen molar-refractivity contribution in [2.75, 3.05) is 6.61 Å². The molecule has 2 heterocycles. The van der Waals surface area contributed by atoms with Crippen molar-refractivity contribution in [1.82, 2.24) is 19.7 Å². The van der Waals surface area contributed by atoms with Gasteiger partial charge in [-0.25, -0.2) is 18.4 Å². The first-order valence-electron chi connectivity index (χ1n) is 9.62. The van der Waals surface area contributed by atoms with Crippen LogP contribution in [0.15, 0.2) is 83.1 Å². The summed E-state index contributed by atoms with van der Waals surface area (Å²) in [5.41, 5.74) is 1.17. The molecule has 1 amide bonds. The number of para-hydroxylation sites is 1. The third-order valence-corrected chi connectivity index (χ3v) is 6.44. The number of rotatable bonds is 7. The number of sulfone groups is 1. The summed E-state index contributed by atoms with van der Waals surface area (Å²) in [6, 6.07) is 13.0. The second-order valence-corrected chi connectivity index (χ2v) is 8.61. The Morgan fingerprint density at radius 3 is 2.65 bits per heavy atom. The maximum absolute atomic E-state index is 13.0. The minimum Gasteiger partial charge on any atom is -0.493 e. The first-order chi connectivity index (χ1) is 15.0. The smallest absolute Gasteiger partial charge is 0.254 e. The fourth-order valence-corrected chi connectivity index (χ4v) is 4.48. The first kappa shape index (κ1) is 20.5. The SMILES string of the molecule is CCOc1ccccc1S(=O)(=O)c1ccc(CNC(=O)c2cnc3nccn3c2)cc1. The van der Waals surface area contributed by atoms with Gasteiger partial charge in [-0.2, -0.15) is 0 Å². The van der Waals surface area contributed by atoms with E-state index in [1.807, 2.05) is 0 Å². The number of hydrogen-bond donors (Lipinski definition) is 1. The molecule has 1 N–H and O–H groups in total. The van der Waals surface area contributed by atoms with Crippen LogP contribution in [0.25, 0.3) is 5.78 Å². The number of carbonyl (C=O) groups is 1. The highest BCUT2D eigenvalue weighted by Gasteiger charge is 2.22. The summed E-state index contributed by atoms with van der Waals surface area (Å²) < 4.78 is 33.1. The number of ether oxygens (including phenoxy) is 1. The van der Waals surface area contributed by atoms with Crippen molar-refractivity contribution in [1.29, 1.82) is 0 Å². The van der Waals surface area contributed by atoms with Gasteiger partial charge in [-0.1, -0.05) is 24.3 Å². The largest absolute Gasteiger partial charge is 0.493 e. The predicted molar refractivity (Wildman–Crippen MR) is 114 cm³/mol. The molecule has 0 fully saturated rings. The monoisotopic (exact) mass is 436 g/mol. The molecule has 2 aromatic heterocycles. The van der Waals surface area contributed by atoms with E-state index in [-0.39, 0.29) is 22.2 Å². The van der Waals surface area contributed by atoms with Gasteiger partial charge >= 0.3 is 0 Å². The molecule has 0 aliphatic heterocycles. The van der Waals surface area contributed by atoms with E-state index in [1.54, 1.807) is 60.2 Å². The van der Waals surface area contributed by atoms with Crippen molar-refractivity contribution in [2.45, 2.75) is 23.3 Å². The number of aromatic nitrogens is 3. The molecule has 2 aromatic carbocycles. The van der Waals surface area contributed by atoms with E-state index in [9.17, 15) is 13.2 Å². The molecule has 0 aliphatic carbocycles. The lowest BCUT2D eigenvalue weighted by atomic mass is 10.2. The molecule has 0 saturated heterocycles. The van der Waals surface area contributed by atoms with Crippen molar-refractivity contribution in [2.24, 2.45) is 0 Å². The van der Waals surface area contributed by atoms with Gasteiger partial charge in [0.1, 0.15) is 10.6 Å². The topological polar surface area (TPSA) is 103 Å². The molecule has 4 aromatic rings. The third kappa shape index (κ3) is 4.26. The summed E-state index contributed by atoms with van der Waals surface area (Å²) in [6.07, 6.45) is 6.42. The molecule has 9 heteroatoms. The number of carbonyl (C=O) groups excluding carboxylic acids is 1. The molecule has 0 aliphatic rings. The van der Waals surface area contributed by atoms with Crippen LogP contribution in [0.2, 0.25) is 0 Å². The molecule has 0 bridgehead atoms. The van der Waals surface area contributed by atoms with Crippen LogP contribution in [0.5, 0.6) is 5.75 Å². The summed E-state index contributed by atoms with van der Waals surface area (Å²) >= 11 is 0. The summed E-state index contributed by atoms with van der Waals surface area (Å²) in [4.78, 5) is 20.8. The van der Waals surface area contributed by atoms with Gasteiger partial charge in [-0.05, 0) is 36.8 Å². The number of fused-ring (bicyclic) bond motifs is 1. The zero-order valence-corrected chi connectivity index (χ0v) is 17.5. The van der Waals surface area contributed by atoms with Gasteiger partial charge in [0.05, 0.1) is 17.1 Å². The van der Waals surface area contributed by atoms with Crippen LogP contribution in [-0.2, 0) is 16.4 Å². The summed E-state index contributed by atoms with van der Waals surface area (Å²) in [6.45, 7) is 2.42. The van der Waals surface area contributed by atoms with Gasteiger partial charge in [0.2, 0.25) is 15.6 Å². The number of benzene rings is 2. The number of hydrogen-bond acceptors (Lipinski definition) is 6. The van der Waals surface area contributed by atoms with Gasteiger partial charge in [-0.15, -0.1) is 0 Å². The van der Waals surface area contributed by atoms with Crippen molar-refractivity contribution in [3.8, 4) is 5.75 Å². The molecule has 8 nitrogen and oxygen atoms in total. The Bertz CT molecular complexity index is 1330. The molecule has 0 radical (unpaired) electrons. The second-order valence-electron chi connectivity index (χ2n) is 6.69. The van der Waals surface area contributed by atoms with E-state index >= 15 is 0 Å². The lowest BCUT2D eigenvalue weighted by molar-refractivity contribution is 0.0950. The lowest BCUT2D eigenvalue weighted by Crippen LogP contribution is -2.23. The Balaban J connectivity index is 1.47. The Morgan fingerprint density at radius 2 is 1.87 bits per heavy atom. The highest BCUT2D eigenvalue weighted by atomic mass is 32.2. The highest BCUT2D eigenvalue weighted by molar-refractivity contribution is 7.91. The zero-order chi connectivity index (χ0) is 21.8. The second kappa shape index (κ2) is 8.57. The van der Waals surface area contributed by atoms with Crippen LogP contribution >= 0.6 is 0 Å². The maximum atomic E-state index is 13.0. The third-order valence-electron chi connectivity index (χ3n) is 4.63. The number of imidazole rings is 1. The zero-order valence-electron chi connectivity index (χ0n) is 16.7. The van der Waals surface area contributed by atoms with Crippen molar-refractivity contribution in [3.63, 3.8) is 0 Å². The fourth-order valence-electron chi connectivity index (χ4n) is 3.08. The highest BCUT2D eigenvalue weighted by Crippen LogP contribution is 2.29. The Kier molecular flexibility index (Phi) is 5.68. The lowest BCUT2D eigenvalue weighted by Gasteiger charge is -2.11. The fraction of sp³-hybridized carbons (Fsp3) is 0.136. The normalized spacial score (nSPS) is 11.4. The molecule has 31 heavy (non-hydrogen) atoms. The van der Waals surface area contributed by atoms with Crippen molar-refractivity contribution in [3.05, 3.63) is 84.4 Å². The van der Waals surface area contributed by atoms with Crippen LogP contribution in [0.4, 0.5) is 0 Å². The van der Waals surface area contributed by atoms with E-state index in [0.29, 0.717) is 23.7 Å². The van der Waals surface area contributed by atoms with E-state index in [4.69, 9.17) is 4.74 Å². The van der Waals surface area contributed by atoms with Crippen molar-refractivity contribution >= 4 is 21.5 Å². The average Bonchev–Trinajstić information content (AvgIpc) is 3.26. The molecule has 0 saturated carbocycles. The quantitative estimate of drug-likeness (QED) is 0.478. The van der Waals surface area contributed by atoms with Gasteiger partial charge in [0.15, 0.2) is 0 Å². The van der Waals surface area contributed by atoms with E-state index in [1.165, 1.54) is 24.4 Å². The molecule has 4 rings (SSSR count). The summed E-state index contributed by atoms with van der Waals surface area (Å²) in [7, 11) is -3.73. The van der Waals surface area contributed by atoms with E-state index in [0.717, 1.165) is 5.56 Å². The standard InChI is InChI=1S/C22H20N4O4S/c1-2-30-19-5-3-4-6-20(19)31(28,29)18-9-7-16(8-10-18)13-24-21(27)17-14-25-22-23-11-12-26(22)15-17/h3-12,14-15H,2,13H2,1H3,(H,24,27). The maximum Gasteiger partial charge on any atom is 0.254 e. The number of nitrogens with one attached hydrogen (secondary N) is 1. The molecular weight excluding hydrogens is 416 g/mol. The van der Waals surface area contributed by atoms with Crippen LogP contribution in [0, 0.1) is 0 Å². The van der Waals surface area contributed by atoms with Crippen LogP contribution in [0.1, 0.15) is 22.8 Å². The predicted octanol–water partition coefficient (Wildman–Crippen LogP) is 2.89. The molecular formula is C22H20N4O4S. The first-order valence-corrected chi connectivity index (χ1v) is 11.1. The van der Waals surface area contributed by atoms with Gasteiger partial charge in [0, 0.05) is 31.3 Å². The van der Waals surface area contributed by atoms with Crippen molar-refractivity contribution < 1.29 is 17.9 Å². The minimum atomic E-state index is -3.73. The minimum absolute atomic E-state index is 0.125.